The van der Waals surface area contributed by atoms with Crippen molar-refractivity contribution in [3.05, 3.63) is 138 Å². The molecular formula is C34H33FN4O5. The number of amides is 3. The summed E-state index contributed by atoms with van der Waals surface area (Å²) in [6, 6.07) is 33.6. The highest BCUT2D eigenvalue weighted by Crippen LogP contribution is 2.37. The molecule has 0 heterocycles. The summed E-state index contributed by atoms with van der Waals surface area (Å²) in [4.78, 5) is 50.3. The normalized spacial score (nSPS) is 11.6. The smallest absolute Gasteiger partial charge is 0.435 e. The van der Waals surface area contributed by atoms with E-state index in [0.717, 1.165) is 16.7 Å². The van der Waals surface area contributed by atoms with Crippen LogP contribution in [0.2, 0.25) is 0 Å². The third kappa shape index (κ3) is 8.14. The summed E-state index contributed by atoms with van der Waals surface area (Å²) in [5.41, 5.74) is 2.20. The molecule has 4 rings (SSSR count). The largest absolute Gasteiger partial charge is 0.495 e. The molecule has 3 amide bonds. The van der Waals surface area contributed by atoms with Crippen molar-refractivity contribution in [2.75, 3.05) is 18.9 Å². The van der Waals surface area contributed by atoms with Gasteiger partial charge in [-0.15, -0.1) is 4.39 Å². The molecule has 0 saturated heterocycles. The molecule has 1 atom stereocenters. The maximum absolute atomic E-state index is 13.9. The van der Waals surface area contributed by atoms with Gasteiger partial charge in [-0.3, -0.25) is 14.4 Å². The van der Waals surface area contributed by atoms with Crippen molar-refractivity contribution in [1.82, 2.24) is 16.0 Å². The van der Waals surface area contributed by atoms with E-state index in [4.69, 9.17) is 0 Å². The maximum atomic E-state index is 13.9. The summed E-state index contributed by atoms with van der Waals surface area (Å²) in [5, 5.41) is 11.3. The number of hydrogen-bond donors (Lipinski definition) is 4. The van der Waals surface area contributed by atoms with Crippen molar-refractivity contribution in [1.29, 1.82) is 0 Å². The van der Waals surface area contributed by atoms with Crippen LogP contribution in [0.25, 0.3) is 0 Å². The fraction of sp³-hybridized carbons (Fsp3) is 0.176. The third-order valence-electron chi connectivity index (χ3n) is 6.90. The predicted molar refractivity (Wildman–Crippen MR) is 164 cm³/mol. The minimum absolute atomic E-state index is 0.0601. The fourth-order valence-electron chi connectivity index (χ4n) is 4.90. The zero-order valence-electron chi connectivity index (χ0n) is 24.1. The van der Waals surface area contributed by atoms with E-state index in [2.05, 4.69) is 26.0 Å². The number of carbonyl (C=O) groups excluding carboxylic acids is 4. The number of hydrogen-bond acceptors (Lipinski definition) is 6. The van der Waals surface area contributed by atoms with E-state index in [1.54, 1.807) is 19.2 Å². The molecule has 1 unspecified atom stereocenters. The first-order valence-corrected chi connectivity index (χ1v) is 14.0. The van der Waals surface area contributed by atoms with Crippen LogP contribution in [0.1, 0.15) is 28.7 Å². The standard InChI is InChI=1S/C34H33FN4O5/c1-36-22-31(41)38-29(32(42)37-28-19-17-24(18-20-28)23-44-33(35)43)21-30(40)39-34(25-11-5-2-6-12-25,26-13-7-3-8-14-26)27-15-9-4-10-16-27/h2-20,29,36H,21-23H2,1H3,(H,37,42)(H,38,41)(H,39,40). The van der Waals surface area contributed by atoms with Crippen LogP contribution < -0.4 is 21.3 Å². The van der Waals surface area contributed by atoms with Crippen LogP contribution in [0.15, 0.2) is 115 Å². The Bertz CT molecular complexity index is 1450. The molecule has 0 aromatic heterocycles. The lowest BCUT2D eigenvalue weighted by Crippen LogP contribution is -2.52. The number of halogens is 1. The number of ether oxygens (including phenoxy) is 1. The summed E-state index contributed by atoms with van der Waals surface area (Å²) in [5.74, 6) is -1.56. The lowest BCUT2D eigenvalue weighted by molar-refractivity contribution is -0.129. The van der Waals surface area contributed by atoms with E-state index >= 15 is 0 Å². The Hall–Kier alpha value is -5.35. The van der Waals surface area contributed by atoms with Gasteiger partial charge in [-0.25, -0.2) is 4.79 Å². The van der Waals surface area contributed by atoms with Crippen LogP contribution >= 0.6 is 0 Å². The highest BCUT2D eigenvalue weighted by molar-refractivity contribution is 6.00. The summed E-state index contributed by atoms with van der Waals surface area (Å²) in [6.45, 7) is -0.326. The molecule has 0 aliphatic rings. The summed E-state index contributed by atoms with van der Waals surface area (Å²) >= 11 is 0. The summed E-state index contributed by atoms with van der Waals surface area (Å²) < 4.78 is 16.7. The second kappa shape index (κ2) is 15.2. The van der Waals surface area contributed by atoms with Gasteiger partial charge in [0.1, 0.15) is 18.2 Å². The Kier molecular flexibility index (Phi) is 10.9. The van der Waals surface area contributed by atoms with Crippen LogP contribution in [-0.4, -0.2) is 43.6 Å². The lowest BCUT2D eigenvalue weighted by atomic mass is 9.77. The van der Waals surface area contributed by atoms with Gasteiger partial charge in [-0.05, 0) is 41.4 Å². The zero-order valence-corrected chi connectivity index (χ0v) is 24.1. The van der Waals surface area contributed by atoms with Gasteiger partial charge in [-0.2, -0.15) is 0 Å². The molecule has 4 aromatic carbocycles. The van der Waals surface area contributed by atoms with E-state index in [1.165, 1.54) is 12.1 Å². The van der Waals surface area contributed by atoms with E-state index in [9.17, 15) is 23.6 Å². The van der Waals surface area contributed by atoms with Crippen molar-refractivity contribution in [3.63, 3.8) is 0 Å². The van der Waals surface area contributed by atoms with Crippen molar-refractivity contribution in [2.45, 2.75) is 24.6 Å². The Labute approximate surface area is 254 Å². The van der Waals surface area contributed by atoms with Crippen molar-refractivity contribution >= 4 is 29.6 Å². The van der Waals surface area contributed by atoms with E-state index in [1.807, 2.05) is 91.0 Å². The second-order valence-electron chi connectivity index (χ2n) is 9.96. The van der Waals surface area contributed by atoms with Crippen LogP contribution in [0.3, 0.4) is 0 Å². The zero-order chi connectivity index (χ0) is 31.4. The Morgan fingerprint density at radius 1 is 0.727 bits per heavy atom. The molecule has 4 aromatic rings. The number of carbonyl (C=O) groups is 4. The molecule has 0 aliphatic heterocycles. The van der Waals surface area contributed by atoms with E-state index in [0.29, 0.717) is 11.3 Å². The average Bonchev–Trinajstić information content (AvgIpc) is 3.04. The summed E-state index contributed by atoms with van der Waals surface area (Å²) in [6.07, 6.45) is -2.25. The van der Waals surface area contributed by atoms with Crippen LogP contribution in [-0.2, 0) is 31.3 Å². The van der Waals surface area contributed by atoms with Gasteiger partial charge in [0.2, 0.25) is 17.7 Å². The number of nitrogens with one attached hydrogen (secondary N) is 4. The first-order chi connectivity index (χ1) is 21.3. The second-order valence-corrected chi connectivity index (χ2v) is 9.96. The lowest BCUT2D eigenvalue weighted by Gasteiger charge is -2.37. The van der Waals surface area contributed by atoms with Gasteiger partial charge in [-0.1, -0.05) is 103 Å². The van der Waals surface area contributed by atoms with Crippen LogP contribution in [0.4, 0.5) is 14.9 Å². The molecule has 4 N–H and O–H groups in total. The molecule has 44 heavy (non-hydrogen) atoms. The van der Waals surface area contributed by atoms with Crippen molar-refractivity contribution < 1.29 is 28.3 Å². The van der Waals surface area contributed by atoms with Gasteiger partial charge >= 0.3 is 6.22 Å². The Morgan fingerprint density at radius 2 is 1.23 bits per heavy atom. The van der Waals surface area contributed by atoms with E-state index < -0.39 is 35.5 Å². The monoisotopic (exact) mass is 596 g/mol. The Balaban J connectivity index is 1.63. The molecule has 0 fully saturated rings. The van der Waals surface area contributed by atoms with Gasteiger partial charge < -0.3 is 26.0 Å². The minimum Gasteiger partial charge on any atom is -0.435 e. The molecule has 226 valence electrons. The molecule has 0 bridgehead atoms. The van der Waals surface area contributed by atoms with Crippen molar-refractivity contribution in [3.8, 4) is 0 Å². The minimum atomic E-state index is -1.89. The highest BCUT2D eigenvalue weighted by Gasteiger charge is 2.38. The van der Waals surface area contributed by atoms with Crippen LogP contribution in [0, 0.1) is 0 Å². The van der Waals surface area contributed by atoms with Crippen molar-refractivity contribution in [2.24, 2.45) is 0 Å². The molecule has 0 aliphatic carbocycles. The molecule has 0 saturated carbocycles. The third-order valence-corrected chi connectivity index (χ3v) is 6.90. The topological polar surface area (TPSA) is 126 Å². The van der Waals surface area contributed by atoms with Gasteiger partial charge in [0.05, 0.1) is 13.0 Å². The molecule has 0 spiro atoms. The predicted octanol–water partition coefficient (Wildman–Crippen LogP) is 4.43. The van der Waals surface area contributed by atoms with Gasteiger partial charge in [0.15, 0.2) is 0 Å². The average molecular weight is 597 g/mol. The first-order valence-electron chi connectivity index (χ1n) is 14.0. The number of rotatable bonds is 13. The number of likely N-dealkylation sites (N-methyl/N-ethyl adjacent to an activating group) is 1. The molecule has 0 radical (unpaired) electrons. The highest BCUT2D eigenvalue weighted by atomic mass is 19.1. The quantitative estimate of drug-likeness (QED) is 0.134. The van der Waals surface area contributed by atoms with Crippen LogP contribution in [0.5, 0.6) is 0 Å². The van der Waals surface area contributed by atoms with Gasteiger partial charge in [0, 0.05) is 5.69 Å². The summed E-state index contributed by atoms with van der Waals surface area (Å²) in [7, 11) is 1.59. The molecule has 10 heteroatoms. The Morgan fingerprint density at radius 3 is 1.68 bits per heavy atom. The number of anilines is 1. The number of benzene rings is 4. The fourth-order valence-corrected chi connectivity index (χ4v) is 4.90. The van der Waals surface area contributed by atoms with E-state index in [-0.39, 0.29) is 19.6 Å². The first kappa shape index (κ1) is 31.6. The molecule has 9 nitrogen and oxygen atoms in total. The van der Waals surface area contributed by atoms with Gasteiger partial charge in [0.25, 0.3) is 0 Å². The SMILES string of the molecule is CNCC(=O)NC(CC(=O)NC(c1ccccc1)(c1ccccc1)c1ccccc1)C(=O)Nc1ccc(COC(=O)F)cc1. The molecular weight excluding hydrogens is 563 g/mol. The maximum Gasteiger partial charge on any atom is 0.495 e.